The molecular weight excluding hydrogens is 346 g/mol. The van der Waals surface area contributed by atoms with Crippen molar-refractivity contribution in [1.29, 1.82) is 0 Å². The fourth-order valence-corrected chi connectivity index (χ4v) is 2.59. The lowest BCUT2D eigenvalue weighted by atomic mass is 10.2. The quantitative estimate of drug-likeness (QED) is 0.666. The van der Waals surface area contributed by atoms with Gasteiger partial charge in [-0.15, -0.1) is 0 Å². The number of hydrogen-bond acceptors (Lipinski definition) is 5. The van der Waals surface area contributed by atoms with Crippen molar-refractivity contribution in [2.24, 2.45) is 0 Å². The largest absolute Gasteiger partial charge is 0.493 e. The molecule has 0 heterocycles. The maximum absolute atomic E-state index is 12.5. The van der Waals surface area contributed by atoms with Crippen LogP contribution in [0.3, 0.4) is 0 Å². The number of amides is 1. The first-order chi connectivity index (χ1) is 13.0. The molecule has 0 unspecified atom stereocenters. The Bertz CT molecular complexity index is 775. The van der Waals surface area contributed by atoms with Crippen LogP contribution in [0.4, 0.5) is 0 Å². The minimum atomic E-state index is -0.899. The van der Waals surface area contributed by atoms with Crippen LogP contribution in [0.5, 0.6) is 11.5 Å². The Balaban J connectivity index is 2.00. The van der Waals surface area contributed by atoms with Crippen LogP contribution in [0.2, 0.25) is 0 Å². The van der Waals surface area contributed by atoms with Gasteiger partial charge in [-0.1, -0.05) is 30.3 Å². The van der Waals surface area contributed by atoms with Gasteiger partial charge in [0.2, 0.25) is 0 Å². The molecule has 0 bridgehead atoms. The molecule has 2 aromatic carbocycles. The Labute approximate surface area is 159 Å². The Hall–Kier alpha value is -3.02. The van der Waals surface area contributed by atoms with E-state index in [2.05, 4.69) is 0 Å². The summed E-state index contributed by atoms with van der Waals surface area (Å²) < 4.78 is 16.0. The molecule has 1 amide bonds. The highest BCUT2D eigenvalue weighted by Gasteiger charge is 2.23. The van der Waals surface area contributed by atoms with E-state index in [4.69, 9.17) is 14.2 Å². The Kier molecular flexibility index (Phi) is 7.23. The first kappa shape index (κ1) is 20.3. The number of ether oxygens (including phenoxy) is 3. The van der Waals surface area contributed by atoms with Crippen LogP contribution in [-0.4, -0.2) is 43.6 Å². The summed E-state index contributed by atoms with van der Waals surface area (Å²) in [4.78, 5) is 26.4. The van der Waals surface area contributed by atoms with Crippen molar-refractivity contribution in [3.05, 3.63) is 59.7 Å². The van der Waals surface area contributed by atoms with Gasteiger partial charge in [-0.2, -0.15) is 0 Å². The van der Waals surface area contributed by atoms with Gasteiger partial charge in [-0.05, 0) is 37.6 Å². The third-order valence-electron chi connectivity index (χ3n) is 3.97. The maximum atomic E-state index is 12.5. The Morgan fingerprint density at radius 3 is 2.41 bits per heavy atom. The van der Waals surface area contributed by atoms with Gasteiger partial charge in [0, 0.05) is 13.6 Å². The van der Waals surface area contributed by atoms with E-state index >= 15 is 0 Å². The molecule has 0 fully saturated rings. The molecule has 1 atom stereocenters. The SMILES string of the molecule is CCOc1ccc(C(=O)O[C@H](C)C(=O)N(C)Cc2ccccc2)cc1OC. The van der Waals surface area contributed by atoms with Crippen molar-refractivity contribution < 1.29 is 23.8 Å². The lowest BCUT2D eigenvalue weighted by molar-refractivity contribution is -0.139. The van der Waals surface area contributed by atoms with E-state index in [1.54, 1.807) is 26.1 Å². The molecule has 0 aliphatic rings. The fraction of sp³-hybridized carbons (Fsp3) is 0.333. The minimum Gasteiger partial charge on any atom is -0.493 e. The summed E-state index contributed by atoms with van der Waals surface area (Å²) in [6, 6.07) is 14.4. The highest BCUT2D eigenvalue weighted by atomic mass is 16.5. The number of likely N-dealkylation sites (N-methyl/N-ethyl adjacent to an activating group) is 1. The number of esters is 1. The van der Waals surface area contributed by atoms with Gasteiger partial charge in [-0.25, -0.2) is 4.79 Å². The lowest BCUT2D eigenvalue weighted by Gasteiger charge is -2.21. The zero-order valence-electron chi connectivity index (χ0n) is 16.1. The molecule has 0 saturated heterocycles. The second-order valence-electron chi connectivity index (χ2n) is 6.03. The predicted octanol–water partition coefficient (Wildman–Crippen LogP) is 3.30. The first-order valence-corrected chi connectivity index (χ1v) is 8.77. The van der Waals surface area contributed by atoms with Gasteiger partial charge in [-0.3, -0.25) is 4.79 Å². The van der Waals surface area contributed by atoms with Crippen LogP contribution in [0.1, 0.15) is 29.8 Å². The second kappa shape index (κ2) is 9.62. The summed E-state index contributed by atoms with van der Waals surface area (Å²) in [5.74, 6) is 0.116. The fourth-order valence-electron chi connectivity index (χ4n) is 2.59. The third-order valence-corrected chi connectivity index (χ3v) is 3.97. The zero-order chi connectivity index (χ0) is 19.8. The van der Waals surface area contributed by atoms with E-state index in [1.165, 1.54) is 18.1 Å². The third kappa shape index (κ3) is 5.48. The van der Waals surface area contributed by atoms with Crippen molar-refractivity contribution in [2.75, 3.05) is 20.8 Å². The summed E-state index contributed by atoms with van der Waals surface area (Å²) in [5, 5.41) is 0. The van der Waals surface area contributed by atoms with Crippen molar-refractivity contribution in [3.8, 4) is 11.5 Å². The van der Waals surface area contributed by atoms with Crippen LogP contribution in [0.25, 0.3) is 0 Å². The van der Waals surface area contributed by atoms with E-state index < -0.39 is 12.1 Å². The molecule has 6 nitrogen and oxygen atoms in total. The average molecular weight is 371 g/mol. The van der Waals surface area contributed by atoms with Crippen molar-refractivity contribution >= 4 is 11.9 Å². The number of carbonyl (C=O) groups excluding carboxylic acids is 2. The molecule has 2 aromatic rings. The van der Waals surface area contributed by atoms with Crippen LogP contribution in [-0.2, 0) is 16.1 Å². The van der Waals surface area contributed by atoms with Gasteiger partial charge in [0.1, 0.15) is 0 Å². The zero-order valence-corrected chi connectivity index (χ0v) is 16.1. The van der Waals surface area contributed by atoms with Gasteiger partial charge < -0.3 is 19.1 Å². The molecule has 0 saturated carbocycles. The molecule has 27 heavy (non-hydrogen) atoms. The van der Waals surface area contributed by atoms with Gasteiger partial charge in [0.05, 0.1) is 19.3 Å². The second-order valence-corrected chi connectivity index (χ2v) is 6.03. The first-order valence-electron chi connectivity index (χ1n) is 8.77. The van der Waals surface area contributed by atoms with E-state index in [9.17, 15) is 9.59 Å². The predicted molar refractivity (Wildman–Crippen MR) is 102 cm³/mol. The van der Waals surface area contributed by atoms with E-state index in [-0.39, 0.29) is 5.91 Å². The Morgan fingerprint density at radius 1 is 1.07 bits per heavy atom. The molecule has 144 valence electrons. The lowest BCUT2D eigenvalue weighted by Crippen LogP contribution is -2.37. The molecule has 0 N–H and O–H groups in total. The molecule has 0 spiro atoms. The topological polar surface area (TPSA) is 65.1 Å². The summed E-state index contributed by atoms with van der Waals surface area (Å²) >= 11 is 0. The van der Waals surface area contributed by atoms with Crippen LogP contribution >= 0.6 is 0 Å². The number of hydrogen-bond donors (Lipinski definition) is 0. The monoisotopic (exact) mass is 371 g/mol. The molecule has 0 radical (unpaired) electrons. The molecular formula is C21H25NO5. The summed E-state index contributed by atoms with van der Waals surface area (Å²) in [6.45, 7) is 4.35. The standard InChI is InChI=1S/C21H25NO5/c1-5-26-18-12-11-17(13-19(18)25-4)21(24)27-15(2)20(23)22(3)14-16-9-7-6-8-10-16/h6-13,15H,5,14H2,1-4H3/t15-/m1/s1. The summed E-state index contributed by atoms with van der Waals surface area (Å²) in [5.41, 5.74) is 1.30. The van der Waals surface area contributed by atoms with E-state index in [0.29, 0.717) is 30.2 Å². The molecule has 0 aromatic heterocycles. The highest BCUT2D eigenvalue weighted by Crippen LogP contribution is 2.28. The highest BCUT2D eigenvalue weighted by molar-refractivity contribution is 5.92. The minimum absolute atomic E-state index is 0.273. The van der Waals surface area contributed by atoms with Gasteiger partial charge in [0.25, 0.3) is 5.91 Å². The smallest absolute Gasteiger partial charge is 0.339 e. The number of rotatable bonds is 8. The molecule has 0 aliphatic carbocycles. The van der Waals surface area contributed by atoms with E-state index in [0.717, 1.165) is 5.56 Å². The van der Waals surface area contributed by atoms with Crippen LogP contribution < -0.4 is 9.47 Å². The Morgan fingerprint density at radius 2 is 1.78 bits per heavy atom. The maximum Gasteiger partial charge on any atom is 0.339 e. The molecule has 0 aliphatic heterocycles. The summed E-state index contributed by atoms with van der Waals surface area (Å²) in [7, 11) is 3.18. The number of nitrogens with zero attached hydrogens (tertiary/aromatic N) is 1. The molecule has 6 heteroatoms. The normalized spacial score (nSPS) is 11.4. The van der Waals surface area contributed by atoms with Crippen LogP contribution in [0, 0.1) is 0 Å². The van der Waals surface area contributed by atoms with Crippen molar-refractivity contribution in [3.63, 3.8) is 0 Å². The number of benzene rings is 2. The summed E-state index contributed by atoms with van der Waals surface area (Å²) in [6.07, 6.45) is -0.899. The van der Waals surface area contributed by atoms with Crippen molar-refractivity contribution in [1.82, 2.24) is 4.90 Å². The number of methoxy groups -OCH3 is 1. The average Bonchev–Trinajstić information content (AvgIpc) is 2.68. The molecule has 2 rings (SSSR count). The van der Waals surface area contributed by atoms with Crippen molar-refractivity contribution in [2.45, 2.75) is 26.5 Å². The van der Waals surface area contributed by atoms with Crippen LogP contribution in [0.15, 0.2) is 48.5 Å². The van der Waals surface area contributed by atoms with Gasteiger partial charge >= 0.3 is 5.97 Å². The number of carbonyl (C=O) groups is 2. The van der Waals surface area contributed by atoms with Gasteiger partial charge in [0.15, 0.2) is 17.6 Å². The van der Waals surface area contributed by atoms with E-state index in [1.807, 2.05) is 37.3 Å².